The number of halogens is 1. The summed E-state index contributed by atoms with van der Waals surface area (Å²) in [5, 5.41) is 18.3. The van der Waals surface area contributed by atoms with E-state index in [2.05, 4.69) is 30.7 Å². The third kappa shape index (κ3) is 3.52. The number of nitrogens with zero attached hydrogens (tertiary/aromatic N) is 1. The van der Waals surface area contributed by atoms with Gasteiger partial charge in [0.15, 0.2) is 11.5 Å². The molecule has 0 radical (unpaired) electrons. The molecule has 4 rings (SSSR count). The Bertz CT molecular complexity index is 1110. The van der Waals surface area contributed by atoms with E-state index in [0.717, 1.165) is 12.8 Å². The molecule has 5 N–H and O–H groups in total. The number of aromatic hydroxyl groups is 1. The molecule has 3 aromatic rings. The molecule has 1 fully saturated rings. The Balaban J connectivity index is 1.69. The molecule has 1 saturated carbocycles. The van der Waals surface area contributed by atoms with Crippen LogP contribution in [0.5, 0.6) is 11.5 Å². The average molecular weight is 396 g/mol. The van der Waals surface area contributed by atoms with Gasteiger partial charge in [-0.25, -0.2) is 9.37 Å². The first-order valence-electron chi connectivity index (χ1n) is 9.67. The first-order valence-corrected chi connectivity index (χ1v) is 9.67. The zero-order chi connectivity index (χ0) is 20.9. The van der Waals surface area contributed by atoms with Gasteiger partial charge in [0.05, 0.1) is 22.2 Å². The normalized spacial score (nSPS) is 20.8. The van der Waals surface area contributed by atoms with Crippen LogP contribution < -0.4 is 10.5 Å². The number of imidazole rings is 1. The molecular weight excluding hydrogens is 371 g/mol. The Kier molecular flexibility index (Phi) is 4.48. The summed E-state index contributed by atoms with van der Waals surface area (Å²) in [5.41, 5.74) is 7.02. The topological polar surface area (TPSA) is 108 Å². The molecule has 0 amide bonds. The fourth-order valence-corrected chi connectivity index (χ4v) is 4.33. The Morgan fingerprint density at radius 2 is 2.10 bits per heavy atom. The number of rotatable bonds is 4. The predicted octanol–water partition coefficient (Wildman–Crippen LogP) is 4.56. The first-order chi connectivity index (χ1) is 13.6. The number of nitrogen functional groups attached to an aromatic ring is 1. The number of hydrogen-bond acceptors (Lipinski definition) is 4. The molecule has 1 aliphatic rings. The molecule has 6 nitrogen and oxygen atoms in total. The fraction of sp³-hybridized carbons (Fsp3) is 0.364. The lowest BCUT2D eigenvalue weighted by Gasteiger charge is -2.20. The number of nitrogens with one attached hydrogen (secondary N) is 2. The summed E-state index contributed by atoms with van der Waals surface area (Å²) in [7, 11) is 0. The molecule has 152 valence electrons. The Hall–Kier alpha value is -3.09. The van der Waals surface area contributed by atoms with E-state index in [1.807, 2.05) is 0 Å². The van der Waals surface area contributed by atoms with Crippen molar-refractivity contribution in [3.05, 3.63) is 41.7 Å². The summed E-state index contributed by atoms with van der Waals surface area (Å²) >= 11 is 0. The van der Waals surface area contributed by atoms with Crippen molar-refractivity contribution in [2.45, 2.75) is 39.7 Å². The van der Waals surface area contributed by atoms with Gasteiger partial charge in [0, 0.05) is 6.07 Å². The van der Waals surface area contributed by atoms with E-state index in [-0.39, 0.29) is 28.7 Å². The largest absolute Gasteiger partial charge is 0.504 e. The predicted molar refractivity (Wildman–Crippen MR) is 111 cm³/mol. The number of nitrogens with two attached hydrogens (primary N) is 1. The molecule has 0 aliphatic heterocycles. The number of benzene rings is 2. The second-order valence-corrected chi connectivity index (χ2v) is 8.71. The van der Waals surface area contributed by atoms with Gasteiger partial charge in [0.2, 0.25) is 0 Å². The number of para-hydroxylation sites is 1. The fourth-order valence-electron chi connectivity index (χ4n) is 4.33. The van der Waals surface area contributed by atoms with Crippen LogP contribution in [-0.2, 0) is 0 Å². The van der Waals surface area contributed by atoms with E-state index in [4.69, 9.17) is 15.9 Å². The second-order valence-electron chi connectivity index (χ2n) is 8.71. The Labute approximate surface area is 168 Å². The molecule has 7 heteroatoms. The number of H-pyrrole nitrogens is 1. The van der Waals surface area contributed by atoms with Gasteiger partial charge in [-0.3, -0.25) is 5.41 Å². The minimum Gasteiger partial charge on any atom is -0.504 e. The van der Waals surface area contributed by atoms with Gasteiger partial charge in [-0.05, 0) is 42.4 Å². The van der Waals surface area contributed by atoms with Crippen molar-refractivity contribution >= 4 is 16.9 Å². The molecule has 1 aliphatic carbocycles. The third-order valence-corrected chi connectivity index (χ3v) is 5.66. The number of amidine groups is 1. The van der Waals surface area contributed by atoms with E-state index >= 15 is 0 Å². The van der Waals surface area contributed by atoms with Gasteiger partial charge in [-0.15, -0.1) is 0 Å². The van der Waals surface area contributed by atoms with Gasteiger partial charge < -0.3 is 20.6 Å². The molecule has 29 heavy (non-hydrogen) atoms. The molecule has 1 aromatic heterocycles. The number of hydrogen-bond donors (Lipinski definition) is 4. The van der Waals surface area contributed by atoms with Crippen LogP contribution in [0.1, 0.15) is 39.2 Å². The summed E-state index contributed by atoms with van der Waals surface area (Å²) in [6.07, 6.45) is 2.04. The van der Waals surface area contributed by atoms with Crippen LogP contribution in [-0.4, -0.2) is 27.0 Å². The number of phenols is 1. The van der Waals surface area contributed by atoms with Crippen molar-refractivity contribution in [1.29, 1.82) is 5.41 Å². The van der Waals surface area contributed by atoms with Crippen LogP contribution >= 0.6 is 0 Å². The lowest BCUT2D eigenvalue weighted by atomic mass is 9.91. The molecule has 1 heterocycles. The highest BCUT2D eigenvalue weighted by molar-refractivity contribution is 5.98. The minimum absolute atomic E-state index is 0.00396. The zero-order valence-corrected chi connectivity index (χ0v) is 16.7. The summed E-state index contributed by atoms with van der Waals surface area (Å²) in [6, 6.07) is 7.94. The number of phenolic OH excluding ortho intramolecular Hbond substituents is 1. The van der Waals surface area contributed by atoms with Crippen molar-refractivity contribution in [1.82, 2.24) is 9.97 Å². The van der Waals surface area contributed by atoms with Crippen molar-refractivity contribution in [2.75, 3.05) is 0 Å². The van der Waals surface area contributed by atoms with Crippen molar-refractivity contribution < 1.29 is 14.2 Å². The average Bonchev–Trinajstić information content (AvgIpc) is 3.14. The molecule has 2 atom stereocenters. The standard InChI is InChI=1S/C22H25FN4O2/c1-11-9-22(2,3)10-18(11)29-17-6-4-5-12(19(17)28)21-26-15-7-13(20(24)25)14(23)8-16(15)27-21/h4-8,11,18,28H,9-10H2,1-3H3,(H3,24,25)(H,26,27)/t11-,18-/m0/s1. The van der Waals surface area contributed by atoms with Gasteiger partial charge in [-0.1, -0.05) is 26.8 Å². The highest BCUT2D eigenvalue weighted by atomic mass is 19.1. The molecular formula is C22H25FN4O2. The van der Waals surface area contributed by atoms with Crippen molar-refractivity contribution in [3.63, 3.8) is 0 Å². The smallest absolute Gasteiger partial charge is 0.168 e. The lowest BCUT2D eigenvalue weighted by molar-refractivity contribution is 0.156. The highest BCUT2D eigenvalue weighted by Gasteiger charge is 2.38. The van der Waals surface area contributed by atoms with Crippen LogP contribution in [0.4, 0.5) is 4.39 Å². The maximum atomic E-state index is 14.1. The minimum atomic E-state index is -0.598. The molecule has 0 unspecified atom stereocenters. The SMILES string of the molecule is C[C@H]1CC(C)(C)C[C@@H]1Oc1cccc(-c2nc3cc(C(=N)N)c(F)cc3[nH]2)c1O. The number of ether oxygens (including phenoxy) is 1. The molecule has 2 aromatic carbocycles. The maximum absolute atomic E-state index is 14.1. The van der Waals surface area contributed by atoms with Crippen LogP contribution in [0.15, 0.2) is 30.3 Å². The summed E-state index contributed by atoms with van der Waals surface area (Å²) in [4.78, 5) is 7.47. The van der Waals surface area contributed by atoms with E-state index in [9.17, 15) is 9.50 Å². The lowest BCUT2D eigenvalue weighted by Crippen LogP contribution is -2.19. The number of fused-ring (bicyclic) bond motifs is 1. The number of aromatic amines is 1. The number of aromatic nitrogens is 2. The Morgan fingerprint density at radius 1 is 1.34 bits per heavy atom. The monoisotopic (exact) mass is 396 g/mol. The van der Waals surface area contributed by atoms with Crippen molar-refractivity contribution in [3.8, 4) is 22.9 Å². The van der Waals surface area contributed by atoms with Gasteiger partial charge in [-0.2, -0.15) is 0 Å². The van der Waals surface area contributed by atoms with E-state index < -0.39 is 5.82 Å². The van der Waals surface area contributed by atoms with Gasteiger partial charge >= 0.3 is 0 Å². The van der Waals surface area contributed by atoms with Crippen LogP contribution in [0.2, 0.25) is 0 Å². The van der Waals surface area contributed by atoms with E-state index in [0.29, 0.717) is 34.1 Å². The zero-order valence-electron chi connectivity index (χ0n) is 16.7. The third-order valence-electron chi connectivity index (χ3n) is 5.66. The van der Waals surface area contributed by atoms with E-state index in [1.165, 1.54) is 12.1 Å². The van der Waals surface area contributed by atoms with Gasteiger partial charge in [0.1, 0.15) is 23.6 Å². The molecule has 0 bridgehead atoms. The first kappa shape index (κ1) is 19.2. The highest BCUT2D eigenvalue weighted by Crippen LogP contribution is 2.45. The maximum Gasteiger partial charge on any atom is 0.168 e. The van der Waals surface area contributed by atoms with Crippen molar-refractivity contribution in [2.24, 2.45) is 17.1 Å². The molecule has 0 spiro atoms. The van der Waals surface area contributed by atoms with Gasteiger partial charge in [0.25, 0.3) is 0 Å². The summed E-state index contributed by atoms with van der Waals surface area (Å²) < 4.78 is 20.3. The van der Waals surface area contributed by atoms with Crippen LogP contribution in [0.3, 0.4) is 0 Å². The quantitative estimate of drug-likeness (QED) is 0.383. The van der Waals surface area contributed by atoms with Crippen LogP contribution in [0, 0.1) is 22.6 Å². The summed E-state index contributed by atoms with van der Waals surface area (Å²) in [5.74, 6) is 0.235. The summed E-state index contributed by atoms with van der Waals surface area (Å²) in [6.45, 7) is 6.62. The second kappa shape index (κ2) is 6.76. The van der Waals surface area contributed by atoms with Crippen LogP contribution in [0.25, 0.3) is 22.4 Å². The Morgan fingerprint density at radius 3 is 2.76 bits per heavy atom. The molecule has 0 saturated heterocycles. The van der Waals surface area contributed by atoms with E-state index in [1.54, 1.807) is 18.2 Å².